The molecule has 0 aromatic carbocycles. The summed E-state index contributed by atoms with van der Waals surface area (Å²) in [6, 6.07) is 0. The fourth-order valence-electron chi connectivity index (χ4n) is 0. The Morgan fingerprint density at radius 2 is 0.538 bits per heavy atom. The van der Waals surface area contributed by atoms with Crippen molar-refractivity contribution in [2.24, 2.45) is 0 Å². The summed E-state index contributed by atoms with van der Waals surface area (Å²) < 4.78 is 0. The molecule has 0 heterocycles. The first-order chi connectivity index (χ1) is 5.66. The van der Waals surface area contributed by atoms with Crippen LogP contribution in [0.5, 0.6) is 0 Å². The Labute approximate surface area is 93.0 Å². The van der Waals surface area contributed by atoms with Crippen molar-refractivity contribution in [3.8, 4) is 0 Å². The van der Waals surface area contributed by atoms with Crippen molar-refractivity contribution in [2.75, 3.05) is 0 Å². The number of carboxylic acid groups (broad SMARTS) is 4. The third-order valence-electron chi connectivity index (χ3n) is 0. The molecule has 0 unspecified atom stereocenters. The van der Waals surface area contributed by atoms with E-state index in [-0.39, 0.29) is 53.2 Å². The zero-order chi connectivity index (χ0) is 10.8. The van der Waals surface area contributed by atoms with Crippen LogP contribution in [0, 0.1) is 0 Å². The Hall–Kier alpha value is -1.20. The van der Waals surface area contributed by atoms with E-state index in [9.17, 15) is 0 Å². The topological polar surface area (TPSA) is 149 Å². The third kappa shape index (κ3) is 583. The Morgan fingerprint density at radius 3 is 0.538 bits per heavy atom. The molecule has 4 radical (unpaired) electrons. The van der Waals surface area contributed by atoms with Gasteiger partial charge in [0.25, 0.3) is 25.9 Å². The average Bonchev–Trinajstić information content (AvgIpc) is 1.92. The van der Waals surface area contributed by atoms with Gasteiger partial charge in [-0.25, -0.2) is 0 Å². The molecule has 0 atom stereocenters. The van der Waals surface area contributed by atoms with Crippen molar-refractivity contribution in [3.05, 3.63) is 0 Å². The maximum atomic E-state index is 8.36. The molecule has 0 rings (SSSR count). The van der Waals surface area contributed by atoms with E-state index >= 15 is 0 Å². The molecule has 8 nitrogen and oxygen atoms in total. The van der Waals surface area contributed by atoms with Gasteiger partial charge in [0.15, 0.2) is 0 Å². The van der Waals surface area contributed by atoms with Crippen LogP contribution >= 0.6 is 0 Å². The second-order valence-electron chi connectivity index (χ2n) is 0.422. The maximum absolute atomic E-state index is 8.36. The van der Waals surface area contributed by atoms with Gasteiger partial charge in [0, 0.05) is 27.3 Å². The van der Waals surface area contributed by atoms with Crippen LogP contribution in [0.2, 0.25) is 0 Å². The van der Waals surface area contributed by atoms with E-state index in [1.165, 1.54) is 0 Å². The van der Waals surface area contributed by atoms with Gasteiger partial charge in [-0.1, -0.05) is 0 Å². The molecule has 13 heavy (non-hydrogen) atoms. The standard InChI is InChI=1S/4CH2O2.Pb/c4*2-1-3;/h4*1H,(H,2,3);. The van der Waals surface area contributed by atoms with E-state index in [2.05, 4.69) is 0 Å². The van der Waals surface area contributed by atoms with Crippen LogP contribution in [0.3, 0.4) is 0 Å². The molecule has 0 aliphatic rings. The Bertz CT molecular complexity index is 70.1. The molecule has 0 aliphatic heterocycles. The van der Waals surface area contributed by atoms with Crippen LogP contribution in [0.1, 0.15) is 0 Å². The fourth-order valence-corrected chi connectivity index (χ4v) is 0. The molecule has 0 aromatic heterocycles. The van der Waals surface area contributed by atoms with Crippen LogP contribution in [-0.4, -0.2) is 73.6 Å². The molecule has 0 saturated heterocycles. The quantitative estimate of drug-likeness (QED) is 0.286. The van der Waals surface area contributed by atoms with E-state index in [1.807, 2.05) is 0 Å². The molecule has 76 valence electrons. The SMILES string of the molecule is O=CO.O=CO.O=CO.O=CO.[Pb]. The summed E-state index contributed by atoms with van der Waals surface area (Å²) in [6.45, 7) is -1.00. The second kappa shape index (κ2) is 132. The zero-order valence-corrected chi connectivity index (χ0v) is 10.1. The van der Waals surface area contributed by atoms with Gasteiger partial charge in [0.1, 0.15) is 0 Å². The van der Waals surface area contributed by atoms with E-state index in [0.29, 0.717) is 0 Å². The van der Waals surface area contributed by atoms with Crippen molar-refractivity contribution in [2.45, 2.75) is 0 Å². The molecule has 9 heteroatoms. The minimum atomic E-state index is -0.250. The van der Waals surface area contributed by atoms with Crippen LogP contribution in [0.25, 0.3) is 0 Å². The van der Waals surface area contributed by atoms with Gasteiger partial charge in [-0.05, 0) is 0 Å². The van der Waals surface area contributed by atoms with Crippen LogP contribution in [0.4, 0.5) is 0 Å². The molecule has 0 aromatic rings. The van der Waals surface area contributed by atoms with Gasteiger partial charge >= 0.3 is 0 Å². The van der Waals surface area contributed by atoms with Gasteiger partial charge in [0.2, 0.25) is 0 Å². The minimum absolute atomic E-state index is 0. The van der Waals surface area contributed by atoms with Gasteiger partial charge in [0.05, 0.1) is 0 Å². The van der Waals surface area contributed by atoms with E-state index in [0.717, 1.165) is 0 Å². The predicted molar refractivity (Wildman–Crippen MR) is 40.5 cm³/mol. The number of hydrogen-bond acceptors (Lipinski definition) is 4. The Balaban J connectivity index is -0.0000000213. The van der Waals surface area contributed by atoms with Crippen LogP contribution < -0.4 is 0 Å². The van der Waals surface area contributed by atoms with Crippen molar-refractivity contribution >= 4 is 53.2 Å². The van der Waals surface area contributed by atoms with Crippen molar-refractivity contribution in [3.63, 3.8) is 0 Å². The summed E-state index contributed by atoms with van der Waals surface area (Å²) in [6.07, 6.45) is 0. The largest absolute Gasteiger partial charge is 0.483 e. The Kier molecular flexibility index (Phi) is 303. The normalized spacial score (nSPS) is 3.69. The smallest absolute Gasteiger partial charge is 0.290 e. The van der Waals surface area contributed by atoms with Crippen LogP contribution in [0.15, 0.2) is 0 Å². The summed E-state index contributed by atoms with van der Waals surface area (Å²) in [5.74, 6) is 0. The van der Waals surface area contributed by atoms with Gasteiger partial charge in [-0.3, -0.25) is 19.2 Å². The molecular formula is C4H8O8Pb. The molecule has 0 aliphatic carbocycles. The maximum Gasteiger partial charge on any atom is 0.290 e. The first-order valence-electron chi connectivity index (χ1n) is 1.98. The minimum Gasteiger partial charge on any atom is -0.483 e. The summed E-state index contributed by atoms with van der Waals surface area (Å²) in [7, 11) is 0. The van der Waals surface area contributed by atoms with Crippen molar-refractivity contribution in [1.82, 2.24) is 0 Å². The monoisotopic (exact) mass is 392 g/mol. The molecule has 0 saturated carbocycles. The fraction of sp³-hybridized carbons (Fsp3) is 0. The summed E-state index contributed by atoms with van der Waals surface area (Å²) in [4.78, 5) is 33.4. The molecule has 0 spiro atoms. The van der Waals surface area contributed by atoms with Crippen molar-refractivity contribution in [1.29, 1.82) is 0 Å². The van der Waals surface area contributed by atoms with Gasteiger partial charge in [-0.2, -0.15) is 0 Å². The van der Waals surface area contributed by atoms with E-state index < -0.39 is 0 Å². The summed E-state index contributed by atoms with van der Waals surface area (Å²) in [5, 5.41) is 27.6. The van der Waals surface area contributed by atoms with Crippen LogP contribution in [-0.2, 0) is 19.2 Å². The third-order valence-corrected chi connectivity index (χ3v) is 0. The molecule has 4 N–H and O–H groups in total. The molecule has 0 amide bonds. The summed E-state index contributed by atoms with van der Waals surface area (Å²) in [5.41, 5.74) is 0. The number of hydrogen-bond donors (Lipinski definition) is 4. The van der Waals surface area contributed by atoms with Gasteiger partial charge < -0.3 is 20.4 Å². The number of rotatable bonds is 0. The van der Waals surface area contributed by atoms with E-state index in [1.54, 1.807) is 0 Å². The predicted octanol–water partition coefficient (Wildman–Crippen LogP) is -1.58. The van der Waals surface area contributed by atoms with E-state index in [4.69, 9.17) is 39.6 Å². The first kappa shape index (κ1) is 29.8. The van der Waals surface area contributed by atoms with Gasteiger partial charge in [-0.15, -0.1) is 0 Å². The number of carbonyl (C=O) groups is 4. The Morgan fingerprint density at radius 1 is 0.538 bits per heavy atom. The first-order valence-corrected chi connectivity index (χ1v) is 1.98. The second-order valence-corrected chi connectivity index (χ2v) is 0.422. The average molecular weight is 391 g/mol. The zero-order valence-electron chi connectivity index (χ0n) is 6.23. The molecule has 0 fully saturated rings. The van der Waals surface area contributed by atoms with Crippen molar-refractivity contribution < 1.29 is 39.6 Å². The summed E-state index contributed by atoms with van der Waals surface area (Å²) >= 11 is 0. The molecule has 0 bridgehead atoms. The molecular weight excluding hydrogens is 383 g/mol.